The van der Waals surface area contributed by atoms with Crippen LogP contribution in [-0.4, -0.2) is 90.7 Å². The van der Waals surface area contributed by atoms with Crippen LogP contribution in [0.1, 0.15) is 31.4 Å². The van der Waals surface area contributed by atoms with Crippen LogP contribution in [0.5, 0.6) is 0 Å². The summed E-state index contributed by atoms with van der Waals surface area (Å²) in [5.74, 6) is -1.46. The fourth-order valence-corrected chi connectivity index (χ4v) is 8.37. The van der Waals surface area contributed by atoms with Crippen molar-refractivity contribution in [3.63, 3.8) is 0 Å². The molecular weight excluding hydrogens is 575 g/mol. The van der Waals surface area contributed by atoms with Gasteiger partial charge in [0.2, 0.25) is 12.3 Å². The van der Waals surface area contributed by atoms with Crippen LogP contribution < -0.4 is 10.6 Å². The minimum Gasteiger partial charge on any atom is -0.481 e. The molecule has 1 aliphatic carbocycles. The molecule has 202 valence electrons. The van der Waals surface area contributed by atoms with Crippen LogP contribution in [0.3, 0.4) is 0 Å². The third-order valence-electron chi connectivity index (χ3n) is 6.44. The van der Waals surface area contributed by atoms with Crippen molar-refractivity contribution < 1.29 is 29.1 Å². The van der Waals surface area contributed by atoms with E-state index in [4.69, 9.17) is 4.84 Å². The molecule has 17 heteroatoms. The lowest BCUT2D eigenvalue weighted by atomic mass is 9.89. The van der Waals surface area contributed by atoms with Crippen molar-refractivity contribution in [3.8, 4) is 0 Å². The van der Waals surface area contributed by atoms with E-state index < -0.39 is 28.7 Å². The minimum absolute atomic E-state index is 0.0373. The van der Waals surface area contributed by atoms with E-state index in [1.807, 2.05) is 0 Å². The number of carbonyl (C=O) groups is 4. The van der Waals surface area contributed by atoms with Crippen LogP contribution in [0.25, 0.3) is 0 Å². The zero-order valence-electron chi connectivity index (χ0n) is 19.8. The summed E-state index contributed by atoms with van der Waals surface area (Å²) in [5, 5.41) is 28.5. The van der Waals surface area contributed by atoms with Gasteiger partial charge in [-0.2, -0.15) is 0 Å². The highest BCUT2D eigenvalue weighted by atomic mass is 32.2. The Labute approximate surface area is 233 Å². The molecule has 3 N–H and O–H groups in total. The van der Waals surface area contributed by atoms with E-state index in [-0.39, 0.29) is 41.5 Å². The van der Waals surface area contributed by atoms with E-state index in [9.17, 15) is 24.3 Å². The molecule has 3 atom stereocenters. The molecule has 2 aliphatic heterocycles. The number of fused-ring (bicyclic) bond motifs is 1. The Morgan fingerprint density at radius 3 is 2.87 bits per heavy atom. The first-order valence-corrected chi connectivity index (χ1v) is 15.4. The number of nitrogens with zero attached hydrogens (tertiary/aromatic N) is 5. The number of thiazole rings is 1. The maximum Gasteiger partial charge on any atom is 0.313 e. The van der Waals surface area contributed by atoms with Crippen molar-refractivity contribution in [3.05, 3.63) is 16.6 Å². The number of aromatic nitrogens is 3. The number of rotatable bonds is 11. The number of hydrogen-bond acceptors (Lipinski definition) is 13. The lowest BCUT2D eigenvalue weighted by molar-refractivity contribution is -0.157. The molecule has 2 unspecified atom stereocenters. The van der Waals surface area contributed by atoms with Gasteiger partial charge in [-0.25, -0.2) is 4.98 Å². The number of hydrogen-bond donors (Lipinski definition) is 3. The Kier molecular flexibility index (Phi) is 8.15. The van der Waals surface area contributed by atoms with Gasteiger partial charge in [0.05, 0.1) is 0 Å². The normalized spacial score (nSPS) is 25.4. The average Bonchev–Trinajstić information content (AvgIpc) is 3.70. The van der Waals surface area contributed by atoms with E-state index in [1.165, 1.54) is 39.8 Å². The van der Waals surface area contributed by atoms with Gasteiger partial charge in [-0.1, -0.05) is 28.3 Å². The van der Waals surface area contributed by atoms with Gasteiger partial charge in [0.1, 0.15) is 34.1 Å². The van der Waals surface area contributed by atoms with Gasteiger partial charge < -0.3 is 25.5 Å². The van der Waals surface area contributed by atoms with Gasteiger partial charge in [0.15, 0.2) is 15.2 Å². The van der Waals surface area contributed by atoms with Gasteiger partial charge in [0.25, 0.3) is 5.91 Å². The fraction of sp³-hybridized carbons (Fsp3) is 0.524. The van der Waals surface area contributed by atoms with E-state index in [0.29, 0.717) is 15.9 Å². The summed E-state index contributed by atoms with van der Waals surface area (Å²) >= 11 is 5.08. The van der Waals surface area contributed by atoms with Gasteiger partial charge in [-0.15, -0.1) is 33.3 Å². The second kappa shape index (κ2) is 11.5. The number of amides is 3. The summed E-state index contributed by atoms with van der Waals surface area (Å²) in [6, 6.07) is -0.835. The number of thioether (sulfide) groups is 2. The summed E-state index contributed by atoms with van der Waals surface area (Å²) < 4.78 is 0.665. The monoisotopic (exact) mass is 597 g/mol. The van der Waals surface area contributed by atoms with Gasteiger partial charge in [-0.3, -0.25) is 19.2 Å². The number of β-lactam (4-membered cyclic amide) rings is 1. The Morgan fingerprint density at radius 1 is 1.34 bits per heavy atom. The summed E-state index contributed by atoms with van der Waals surface area (Å²) in [6.45, 7) is 0.0373. The van der Waals surface area contributed by atoms with Crippen LogP contribution in [-0.2, 0) is 24.0 Å². The third kappa shape index (κ3) is 5.50. The lowest BCUT2D eigenvalue weighted by Gasteiger charge is -2.53. The van der Waals surface area contributed by atoms with E-state index >= 15 is 0 Å². The molecule has 3 amide bonds. The number of aliphatic carboxylic acids is 1. The molecule has 0 bridgehead atoms. The van der Waals surface area contributed by atoms with Crippen LogP contribution in [0.15, 0.2) is 20.4 Å². The van der Waals surface area contributed by atoms with Crippen LogP contribution in [0.2, 0.25) is 0 Å². The number of carboxylic acid groups (broad SMARTS) is 1. The minimum atomic E-state index is -1.15. The molecule has 4 heterocycles. The van der Waals surface area contributed by atoms with Gasteiger partial charge in [0, 0.05) is 23.4 Å². The molecule has 3 fully saturated rings. The van der Waals surface area contributed by atoms with Crippen molar-refractivity contribution in [2.24, 2.45) is 10.6 Å². The molecule has 1 saturated carbocycles. The molecule has 2 aromatic heterocycles. The second-order valence-corrected chi connectivity index (χ2v) is 13.0. The summed E-state index contributed by atoms with van der Waals surface area (Å²) in [4.78, 5) is 60.6. The maximum absolute atomic E-state index is 13.3. The molecule has 38 heavy (non-hydrogen) atoms. The topological polar surface area (TPSA) is 176 Å². The number of nitrogens with one attached hydrogen (secondary N) is 2. The van der Waals surface area contributed by atoms with E-state index in [2.05, 4.69) is 31.0 Å². The maximum atomic E-state index is 13.3. The van der Waals surface area contributed by atoms with Crippen molar-refractivity contribution in [1.29, 1.82) is 0 Å². The highest BCUT2D eigenvalue weighted by Crippen LogP contribution is 2.44. The Hall–Kier alpha value is -2.76. The molecule has 13 nitrogen and oxygen atoms in total. The molecule has 0 spiro atoms. The van der Waals surface area contributed by atoms with Crippen LogP contribution in [0, 0.1) is 5.41 Å². The summed E-state index contributed by atoms with van der Waals surface area (Å²) in [7, 11) is 0. The summed E-state index contributed by atoms with van der Waals surface area (Å²) in [5.41, 5.74) is 0.558. The zero-order chi connectivity index (χ0) is 26.7. The molecule has 2 saturated heterocycles. The molecular formula is C21H23N7O6S4. The first-order chi connectivity index (χ1) is 18.4. The highest BCUT2D eigenvalue weighted by Gasteiger charge is 2.57. The molecule has 0 radical (unpaired) electrons. The standard InChI is InChI=1S/C21H23N7O6S4/c29-9-22-19-24-12(5-35-19)13(27-34-11-3-1-2-4-11)15(30)25-14-16(31)28-6-21(18(32)33,7-36-17(14)28)8-37-20-26-23-10-38-20/h5,9-11,14,17H,1-4,6-8H2,(H,25,30)(H,32,33)(H,22,24,29)/t14?,17-,21?/m1/s1. The first-order valence-electron chi connectivity index (χ1n) is 11.7. The Bertz CT molecular complexity index is 1230. The van der Waals surface area contributed by atoms with Crippen molar-refractivity contribution in [2.45, 2.75) is 47.5 Å². The lowest BCUT2D eigenvalue weighted by Crippen LogP contribution is -2.74. The smallest absolute Gasteiger partial charge is 0.313 e. The first kappa shape index (κ1) is 26.8. The van der Waals surface area contributed by atoms with Crippen LogP contribution in [0.4, 0.5) is 5.13 Å². The van der Waals surface area contributed by atoms with Gasteiger partial charge >= 0.3 is 5.97 Å². The van der Waals surface area contributed by atoms with Crippen LogP contribution >= 0.6 is 46.2 Å². The van der Waals surface area contributed by atoms with Gasteiger partial charge in [-0.05, 0) is 25.7 Å². The molecule has 3 aliphatic rings. The number of carboxylic acids is 1. The van der Waals surface area contributed by atoms with Crippen molar-refractivity contribution >= 4 is 81.2 Å². The van der Waals surface area contributed by atoms with E-state index in [0.717, 1.165) is 37.0 Å². The molecule has 5 rings (SSSR count). The van der Waals surface area contributed by atoms with Crippen molar-refractivity contribution in [2.75, 3.05) is 23.4 Å². The highest BCUT2D eigenvalue weighted by molar-refractivity contribution is 8.01. The molecule has 0 aromatic carbocycles. The fourth-order valence-electron chi connectivity index (χ4n) is 4.37. The zero-order valence-corrected chi connectivity index (χ0v) is 23.0. The Balaban J connectivity index is 1.26. The third-order valence-corrected chi connectivity index (χ3v) is 10.9. The summed E-state index contributed by atoms with van der Waals surface area (Å²) in [6.07, 6.45) is 4.11. The predicted molar refractivity (Wildman–Crippen MR) is 142 cm³/mol. The quantitative estimate of drug-likeness (QED) is 0.112. The number of anilines is 1. The molecule has 2 aromatic rings. The van der Waals surface area contributed by atoms with E-state index in [1.54, 1.807) is 10.9 Å². The average molecular weight is 598 g/mol. The SMILES string of the molecule is O=CNc1nc(C(=NOC2CCCC2)C(=O)NC2C(=O)N3CC(CSc4nncs4)(C(=O)O)CS[C@H]23)cs1. The number of carbonyl (C=O) groups excluding carboxylic acids is 3. The Morgan fingerprint density at radius 2 is 2.16 bits per heavy atom. The predicted octanol–water partition coefficient (Wildman–Crippen LogP) is 1.49. The second-order valence-electron chi connectivity index (χ2n) is 8.95. The van der Waals surface area contributed by atoms with Crippen molar-refractivity contribution in [1.82, 2.24) is 25.4 Å². The largest absolute Gasteiger partial charge is 0.481 e. The number of oxime groups is 1.